The van der Waals surface area contributed by atoms with Crippen molar-refractivity contribution in [1.82, 2.24) is 14.3 Å². The van der Waals surface area contributed by atoms with Crippen molar-refractivity contribution in [2.75, 3.05) is 19.5 Å². The molecule has 1 aliphatic carbocycles. The Balaban J connectivity index is 1.34. The molecule has 3 aromatic rings. The number of rotatable bonds is 11. The highest BCUT2D eigenvalue weighted by molar-refractivity contribution is 7.88. The van der Waals surface area contributed by atoms with Gasteiger partial charge < -0.3 is 19.5 Å². The molecule has 0 amide bonds. The summed E-state index contributed by atoms with van der Waals surface area (Å²) < 4.78 is 32.9. The van der Waals surface area contributed by atoms with Gasteiger partial charge in [0.1, 0.15) is 17.7 Å². The van der Waals surface area contributed by atoms with Crippen LogP contribution in [0.2, 0.25) is 0 Å². The molecule has 0 aliphatic heterocycles. The number of nitrogens with zero attached hydrogens (tertiary/aromatic N) is 2. The van der Waals surface area contributed by atoms with E-state index in [9.17, 15) is 18.6 Å². The van der Waals surface area contributed by atoms with E-state index >= 15 is 0 Å². The van der Waals surface area contributed by atoms with Crippen molar-refractivity contribution in [3.05, 3.63) is 77.9 Å². The Morgan fingerprint density at radius 2 is 1.78 bits per heavy atom. The van der Waals surface area contributed by atoms with Crippen LogP contribution in [0.15, 0.2) is 66.5 Å². The summed E-state index contributed by atoms with van der Waals surface area (Å²) in [6.07, 6.45) is 7.50. The number of ether oxygens (including phenoxy) is 1. The lowest BCUT2D eigenvalue weighted by Gasteiger charge is -2.34. The molecule has 1 saturated carbocycles. The summed E-state index contributed by atoms with van der Waals surface area (Å²) in [6.45, 7) is 4.11. The number of imidazole rings is 1. The molecule has 3 N–H and O–H groups in total. The van der Waals surface area contributed by atoms with E-state index in [0.29, 0.717) is 18.3 Å². The second-order valence-electron chi connectivity index (χ2n) is 9.84. The summed E-state index contributed by atoms with van der Waals surface area (Å²) in [4.78, 5) is 4.21. The number of benzene rings is 2. The van der Waals surface area contributed by atoms with Crippen LogP contribution < -0.4 is 9.46 Å². The molecule has 4 rings (SSSR count). The van der Waals surface area contributed by atoms with Gasteiger partial charge in [0.05, 0.1) is 25.5 Å². The van der Waals surface area contributed by atoms with Gasteiger partial charge in [0.25, 0.3) is 0 Å². The van der Waals surface area contributed by atoms with Crippen LogP contribution in [-0.4, -0.2) is 53.7 Å². The van der Waals surface area contributed by atoms with Crippen LogP contribution in [0, 0.1) is 5.92 Å². The first-order chi connectivity index (χ1) is 17.6. The first kappa shape index (κ1) is 27.1. The number of hydrogen-bond acceptors (Lipinski definition) is 6. The number of nitrogens with one attached hydrogen (secondary N) is 1. The Bertz CT molecular complexity index is 1310. The molecule has 0 radical (unpaired) electrons. The third-order valence-corrected chi connectivity index (χ3v) is 7.46. The minimum Gasteiger partial charge on any atom is -0.493 e. The lowest BCUT2D eigenvalue weighted by atomic mass is 9.81. The van der Waals surface area contributed by atoms with Crippen LogP contribution in [0.4, 0.5) is 0 Å². The second kappa shape index (κ2) is 11.6. The van der Waals surface area contributed by atoms with Crippen molar-refractivity contribution in [3.63, 3.8) is 0 Å². The summed E-state index contributed by atoms with van der Waals surface area (Å²) >= 11 is 0. The lowest BCUT2D eigenvalue weighted by molar-refractivity contribution is 0.152. The van der Waals surface area contributed by atoms with Crippen molar-refractivity contribution in [1.29, 1.82) is 0 Å². The fraction of sp³-hybridized carbons (Fsp3) is 0.393. The van der Waals surface area contributed by atoms with Crippen LogP contribution in [0.3, 0.4) is 0 Å². The Labute approximate surface area is 218 Å². The van der Waals surface area contributed by atoms with E-state index in [1.807, 2.05) is 54.0 Å². The van der Waals surface area contributed by atoms with E-state index in [2.05, 4.69) is 21.8 Å². The third kappa shape index (κ3) is 7.07. The van der Waals surface area contributed by atoms with Crippen molar-refractivity contribution in [2.24, 2.45) is 5.92 Å². The van der Waals surface area contributed by atoms with Gasteiger partial charge in [-0.3, -0.25) is 0 Å². The van der Waals surface area contributed by atoms with Crippen LogP contribution in [0.5, 0.6) is 5.75 Å². The molecule has 1 aromatic heterocycles. The van der Waals surface area contributed by atoms with Gasteiger partial charge in [-0.05, 0) is 67.0 Å². The Hall–Kier alpha value is -2.98. The molecule has 198 valence electrons. The van der Waals surface area contributed by atoms with Crippen LogP contribution in [-0.2, 0) is 10.0 Å². The quantitative estimate of drug-likeness (QED) is 0.349. The molecule has 1 aliphatic rings. The van der Waals surface area contributed by atoms with Crippen molar-refractivity contribution in [2.45, 2.75) is 44.9 Å². The van der Waals surface area contributed by atoms with Gasteiger partial charge in [0.2, 0.25) is 10.0 Å². The minimum absolute atomic E-state index is 0.0229. The molecule has 2 aromatic carbocycles. The molecule has 2 atom stereocenters. The summed E-state index contributed by atoms with van der Waals surface area (Å²) in [5.41, 5.74) is 4.14. The Morgan fingerprint density at radius 1 is 1.16 bits per heavy atom. The van der Waals surface area contributed by atoms with Gasteiger partial charge in [-0.15, -0.1) is 0 Å². The summed E-state index contributed by atoms with van der Waals surface area (Å²) in [5.74, 6) is 1.68. The van der Waals surface area contributed by atoms with E-state index in [4.69, 9.17) is 4.74 Å². The third-order valence-electron chi connectivity index (χ3n) is 6.70. The van der Waals surface area contributed by atoms with Gasteiger partial charge >= 0.3 is 0 Å². The second-order valence-corrected chi connectivity index (χ2v) is 11.6. The average molecular weight is 526 g/mol. The normalized spacial score (nSPS) is 19.8. The highest BCUT2D eigenvalue weighted by Crippen LogP contribution is 2.30. The summed E-state index contributed by atoms with van der Waals surface area (Å²) in [6, 6.07) is 15.9. The van der Waals surface area contributed by atoms with E-state index in [0.717, 1.165) is 40.9 Å². The van der Waals surface area contributed by atoms with E-state index < -0.39 is 16.1 Å². The summed E-state index contributed by atoms with van der Waals surface area (Å²) in [7, 11) is -3.15. The molecule has 1 heterocycles. The highest BCUT2D eigenvalue weighted by atomic mass is 32.2. The fourth-order valence-electron chi connectivity index (χ4n) is 4.72. The SMILES string of the molecule is C/C(=C\c1ccc(-c2ccc(OCC3CC(NS(C)(=O)=O)C3)cc2)cc1)[C@@H](CO)n1ccnc1[C@H](C)O. The van der Waals surface area contributed by atoms with Gasteiger partial charge in [0, 0.05) is 18.4 Å². The average Bonchev–Trinajstić information content (AvgIpc) is 3.31. The number of aliphatic hydroxyl groups is 2. The van der Waals surface area contributed by atoms with Gasteiger partial charge in [-0.2, -0.15) is 0 Å². The number of aromatic nitrogens is 2. The summed E-state index contributed by atoms with van der Waals surface area (Å²) in [5, 5.41) is 20.0. The molecule has 0 unspecified atom stereocenters. The zero-order chi connectivity index (χ0) is 26.6. The van der Waals surface area contributed by atoms with E-state index in [1.165, 1.54) is 6.26 Å². The van der Waals surface area contributed by atoms with Gasteiger partial charge in [0.15, 0.2) is 0 Å². The molecular weight excluding hydrogens is 490 g/mol. The fourth-order valence-corrected chi connectivity index (χ4v) is 5.52. The number of sulfonamides is 1. The molecule has 37 heavy (non-hydrogen) atoms. The van der Waals surface area contributed by atoms with Gasteiger partial charge in [-0.1, -0.05) is 42.5 Å². The number of hydrogen-bond donors (Lipinski definition) is 3. The monoisotopic (exact) mass is 525 g/mol. The predicted octanol–water partition coefficient (Wildman–Crippen LogP) is 3.95. The van der Waals surface area contributed by atoms with Crippen molar-refractivity contribution < 1.29 is 23.4 Å². The minimum atomic E-state index is -3.15. The Kier molecular flexibility index (Phi) is 8.49. The highest BCUT2D eigenvalue weighted by Gasteiger charge is 2.31. The molecule has 8 nitrogen and oxygen atoms in total. The maximum absolute atomic E-state index is 11.3. The van der Waals surface area contributed by atoms with Gasteiger partial charge in [-0.25, -0.2) is 18.1 Å². The predicted molar refractivity (Wildman–Crippen MR) is 144 cm³/mol. The molecule has 0 saturated heterocycles. The number of aliphatic hydroxyl groups excluding tert-OH is 2. The van der Waals surface area contributed by atoms with Crippen LogP contribution in [0.25, 0.3) is 17.2 Å². The van der Waals surface area contributed by atoms with Crippen molar-refractivity contribution in [3.8, 4) is 16.9 Å². The first-order valence-electron chi connectivity index (χ1n) is 12.4. The molecule has 0 bridgehead atoms. The first-order valence-corrected chi connectivity index (χ1v) is 14.3. The van der Waals surface area contributed by atoms with Crippen molar-refractivity contribution >= 4 is 16.1 Å². The van der Waals surface area contributed by atoms with Crippen LogP contribution >= 0.6 is 0 Å². The molecule has 0 spiro atoms. The standard InChI is InChI=1S/C28H35N3O5S/c1-19(27(17-32)31-13-12-29-28(31)20(2)33)14-21-4-6-23(7-5-21)24-8-10-26(11-9-24)36-18-22-15-25(16-22)30-37(3,34)35/h4-14,20,22,25,27,30,32-33H,15-18H2,1-3H3/b19-14+/t20-,22?,25?,27+/m0/s1. The lowest BCUT2D eigenvalue weighted by Crippen LogP contribution is -2.45. The topological polar surface area (TPSA) is 114 Å². The maximum Gasteiger partial charge on any atom is 0.208 e. The smallest absolute Gasteiger partial charge is 0.208 e. The zero-order valence-corrected chi connectivity index (χ0v) is 22.2. The molecule has 9 heteroatoms. The van der Waals surface area contributed by atoms with E-state index in [1.54, 1.807) is 19.3 Å². The maximum atomic E-state index is 11.3. The Morgan fingerprint density at radius 3 is 2.35 bits per heavy atom. The zero-order valence-electron chi connectivity index (χ0n) is 21.4. The largest absolute Gasteiger partial charge is 0.493 e. The molecule has 1 fully saturated rings. The molecular formula is C28H35N3O5S. The van der Waals surface area contributed by atoms with Crippen LogP contribution in [0.1, 0.15) is 50.2 Å². The van der Waals surface area contributed by atoms with E-state index in [-0.39, 0.29) is 18.7 Å².